The number of amides is 2. The Labute approximate surface area is 161 Å². The molecule has 1 aromatic carbocycles. The van der Waals surface area contributed by atoms with E-state index < -0.39 is 0 Å². The predicted octanol–water partition coefficient (Wildman–Crippen LogP) is 4.94. The summed E-state index contributed by atoms with van der Waals surface area (Å²) in [5.74, 6) is -0.448. The summed E-state index contributed by atoms with van der Waals surface area (Å²) in [5, 5.41) is 10.3. The maximum Gasteiger partial charge on any atom is 0.267 e. The van der Waals surface area contributed by atoms with Crippen molar-refractivity contribution >= 4 is 68.5 Å². The molecule has 0 atom stereocenters. The first-order valence-corrected chi connectivity index (χ1v) is 9.57. The molecule has 128 valence electrons. The minimum atomic E-state index is -0.236. The minimum Gasteiger partial charge on any atom is -0.326 e. The van der Waals surface area contributed by atoms with Crippen LogP contribution < -0.4 is 10.6 Å². The number of carbonyl (C=O) groups excluding carboxylic acids is 2. The van der Waals surface area contributed by atoms with Crippen LogP contribution in [0.15, 0.2) is 41.1 Å². The summed E-state index contributed by atoms with van der Waals surface area (Å²) in [6.45, 7) is 0. The van der Waals surface area contributed by atoms with Crippen molar-refractivity contribution in [2.45, 2.75) is 6.42 Å². The van der Waals surface area contributed by atoms with Gasteiger partial charge in [0.25, 0.3) is 5.91 Å². The average Bonchev–Trinajstić information content (AvgIpc) is 3.23. The molecule has 25 heavy (non-hydrogen) atoms. The van der Waals surface area contributed by atoms with Crippen molar-refractivity contribution in [1.29, 1.82) is 0 Å². The maximum atomic E-state index is 12.1. The molecular formula is C16H11Cl2N3O2S2. The van der Waals surface area contributed by atoms with Crippen molar-refractivity contribution < 1.29 is 9.59 Å². The second-order valence-corrected chi connectivity index (χ2v) is 7.55. The van der Waals surface area contributed by atoms with Gasteiger partial charge in [-0.3, -0.25) is 14.9 Å². The van der Waals surface area contributed by atoms with E-state index in [2.05, 4.69) is 15.6 Å². The SMILES string of the molecule is O=C(Cc1csc(NC(=O)c2cccs2)n1)Nc1ccc(Cl)c(Cl)c1. The summed E-state index contributed by atoms with van der Waals surface area (Å²) >= 11 is 14.4. The van der Waals surface area contributed by atoms with E-state index in [1.165, 1.54) is 22.7 Å². The molecule has 0 aliphatic heterocycles. The molecule has 0 radical (unpaired) electrons. The van der Waals surface area contributed by atoms with Crippen molar-refractivity contribution in [2.75, 3.05) is 10.6 Å². The number of thiazole rings is 1. The van der Waals surface area contributed by atoms with Crippen LogP contribution in [-0.4, -0.2) is 16.8 Å². The lowest BCUT2D eigenvalue weighted by Crippen LogP contribution is -2.15. The van der Waals surface area contributed by atoms with Gasteiger partial charge in [-0.05, 0) is 29.6 Å². The number of aromatic nitrogens is 1. The highest BCUT2D eigenvalue weighted by molar-refractivity contribution is 7.14. The molecular weight excluding hydrogens is 401 g/mol. The summed E-state index contributed by atoms with van der Waals surface area (Å²) in [6.07, 6.45) is 0.0889. The molecule has 0 bridgehead atoms. The topological polar surface area (TPSA) is 71.1 Å². The van der Waals surface area contributed by atoms with Crippen LogP contribution in [0.2, 0.25) is 10.0 Å². The summed E-state index contributed by atoms with van der Waals surface area (Å²) < 4.78 is 0. The Morgan fingerprint density at radius 1 is 1.08 bits per heavy atom. The van der Waals surface area contributed by atoms with E-state index in [1.807, 2.05) is 5.38 Å². The molecule has 2 N–H and O–H groups in total. The van der Waals surface area contributed by atoms with Crippen molar-refractivity contribution in [2.24, 2.45) is 0 Å². The maximum absolute atomic E-state index is 12.1. The van der Waals surface area contributed by atoms with E-state index in [0.29, 0.717) is 31.4 Å². The summed E-state index contributed by atoms with van der Waals surface area (Å²) in [4.78, 5) is 28.9. The number of halogens is 2. The van der Waals surface area contributed by atoms with E-state index in [9.17, 15) is 9.59 Å². The number of thiophene rings is 1. The third kappa shape index (κ3) is 4.79. The Morgan fingerprint density at radius 3 is 2.64 bits per heavy atom. The van der Waals surface area contributed by atoms with Crippen molar-refractivity contribution in [3.8, 4) is 0 Å². The van der Waals surface area contributed by atoms with Crippen molar-refractivity contribution in [1.82, 2.24) is 4.98 Å². The predicted molar refractivity (Wildman–Crippen MR) is 103 cm³/mol. The number of anilines is 2. The van der Waals surface area contributed by atoms with Gasteiger partial charge in [0.2, 0.25) is 5.91 Å². The number of hydrogen-bond donors (Lipinski definition) is 2. The summed E-state index contributed by atoms with van der Waals surface area (Å²) in [6, 6.07) is 8.40. The molecule has 0 spiro atoms. The number of hydrogen-bond acceptors (Lipinski definition) is 5. The van der Waals surface area contributed by atoms with Gasteiger partial charge in [-0.25, -0.2) is 4.98 Å². The first kappa shape index (κ1) is 17.9. The summed E-state index contributed by atoms with van der Waals surface area (Å²) in [7, 11) is 0. The Bertz CT molecular complexity index is 910. The van der Waals surface area contributed by atoms with E-state index in [1.54, 1.807) is 35.7 Å². The fraction of sp³-hybridized carbons (Fsp3) is 0.0625. The molecule has 0 fully saturated rings. The zero-order valence-corrected chi connectivity index (χ0v) is 15.7. The zero-order valence-electron chi connectivity index (χ0n) is 12.6. The van der Waals surface area contributed by atoms with E-state index in [0.717, 1.165) is 0 Å². The molecule has 0 saturated heterocycles. The highest BCUT2D eigenvalue weighted by Crippen LogP contribution is 2.25. The smallest absolute Gasteiger partial charge is 0.267 e. The molecule has 5 nitrogen and oxygen atoms in total. The zero-order chi connectivity index (χ0) is 17.8. The summed E-state index contributed by atoms with van der Waals surface area (Å²) in [5.41, 5.74) is 1.13. The molecule has 3 aromatic rings. The molecule has 3 rings (SSSR count). The van der Waals surface area contributed by atoms with Crippen LogP contribution in [0.25, 0.3) is 0 Å². The number of rotatable bonds is 5. The van der Waals surface area contributed by atoms with Crippen molar-refractivity contribution in [3.63, 3.8) is 0 Å². The Kier molecular flexibility index (Phi) is 5.70. The third-order valence-corrected chi connectivity index (χ3v) is 5.48. The molecule has 2 heterocycles. The van der Waals surface area contributed by atoms with E-state index in [-0.39, 0.29) is 18.2 Å². The second-order valence-electron chi connectivity index (χ2n) is 4.93. The van der Waals surface area contributed by atoms with Crippen LogP contribution in [0.1, 0.15) is 15.4 Å². The van der Waals surface area contributed by atoms with Crippen LogP contribution in [-0.2, 0) is 11.2 Å². The first-order chi connectivity index (χ1) is 12.0. The Morgan fingerprint density at radius 2 is 1.92 bits per heavy atom. The monoisotopic (exact) mass is 411 g/mol. The molecule has 2 amide bonds. The van der Waals surface area contributed by atoms with E-state index in [4.69, 9.17) is 23.2 Å². The molecule has 0 aliphatic carbocycles. The lowest BCUT2D eigenvalue weighted by molar-refractivity contribution is -0.115. The van der Waals surface area contributed by atoms with Crippen LogP contribution >= 0.6 is 45.9 Å². The molecule has 9 heteroatoms. The first-order valence-electron chi connectivity index (χ1n) is 7.05. The quantitative estimate of drug-likeness (QED) is 0.623. The number of nitrogens with one attached hydrogen (secondary N) is 2. The molecule has 0 aliphatic rings. The normalized spacial score (nSPS) is 10.5. The lowest BCUT2D eigenvalue weighted by atomic mass is 10.3. The van der Waals surface area contributed by atoms with Crippen LogP contribution in [0.3, 0.4) is 0 Å². The van der Waals surface area contributed by atoms with E-state index >= 15 is 0 Å². The second kappa shape index (κ2) is 7.97. The van der Waals surface area contributed by atoms with Gasteiger partial charge in [0.1, 0.15) is 0 Å². The molecule has 0 saturated carbocycles. The van der Waals surface area contributed by atoms with Crippen LogP contribution in [0.4, 0.5) is 10.8 Å². The highest BCUT2D eigenvalue weighted by Gasteiger charge is 2.12. The minimum absolute atomic E-state index is 0.0889. The number of benzene rings is 1. The fourth-order valence-electron chi connectivity index (χ4n) is 1.96. The number of nitrogens with zero attached hydrogens (tertiary/aromatic N) is 1. The lowest BCUT2D eigenvalue weighted by Gasteiger charge is -2.05. The van der Waals surface area contributed by atoms with Crippen LogP contribution in [0.5, 0.6) is 0 Å². The van der Waals surface area contributed by atoms with Gasteiger partial charge < -0.3 is 5.32 Å². The largest absolute Gasteiger partial charge is 0.326 e. The average molecular weight is 412 g/mol. The molecule has 0 unspecified atom stereocenters. The van der Waals surface area contributed by atoms with Gasteiger partial charge in [0.05, 0.1) is 27.0 Å². The third-order valence-electron chi connectivity index (χ3n) is 3.06. The van der Waals surface area contributed by atoms with Gasteiger partial charge in [0, 0.05) is 11.1 Å². The van der Waals surface area contributed by atoms with Crippen molar-refractivity contribution in [3.05, 3.63) is 61.7 Å². The van der Waals surface area contributed by atoms with Gasteiger partial charge >= 0.3 is 0 Å². The standard InChI is InChI=1S/C16H11Cl2N3O2S2/c17-11-4-3-9(6-12(11)18)19-14(22)7-10-8-25-16(20-10)21-15(23)13-2-1-5-24-13/h1-6,8H,7H2,(H,19,22)(H,20,21,23). The van der Waals surface area contributed by atoms with Gasteiger partial charge in [-0.1, -0.05) is 29.3 Å². The van der Waals surface area contributed by atoms with Crippen LogP contribution in [0, 0.1) is 0 Å². The number of carbonyl (C=O) groups is 2. The van der Waals surface area contributed by atoms with Gasteiger partial charge in [-0.15, -0.1) is 22.7 Å². The Hall–Kier alpha value is -1.93. The van der Waals surface area contributed by atoms with Gasteiger partial charge in [0.15, 0.2) is 5.13 Å². The van der Waals surface area contributed by atoms with Gasteiger partial charge in [-0.2, -0.15) is 0 Å². The highest BCUT2D eigenvalue weighted by atomic mass is 35.5. The Balaban J connectivity index is 1.58. The molecule has 2 aromatic heterocycles. The fourth-order valence-corrected chi connectivity index (χ4v) is 3.58.